The van der Waals surface area contributed by atoms with Gasteiger partial charge in [0.25, 0.3) is 0 Å². The summed E-state index contributed by atoms with van der Waals surface area (Å²) in [6, 6.07) is 26.0. The van der Waals surface area contributed by atoms with Gasteiger partial charge in [0, 0.05) is 10.4 Å². The average Bonchev–Trinajstić information content (AvgIpc) is 3.18. The van der Waals surface area contributed by atoms with Crippen LogP contribution in [0.15, 0.2) is 78.9 Å². The zero-order valence-corrected chi connectivity index (χ0v) is 17.7. The minimum atomic E-state index is -0.0698. The Hall–Kier alpha value is -3.37. The first-order chi connectivity index (χ1) is 15.2. The number of rotatable bonds is 5. The molecule has 1 aliphatic carbocycles. The van der Waals surface area contributed by atoms with Gasteiger partial charge < -0.3 is 10.6 Å². The largest absolute Gasteiger partial charge is 0.363 e. The highest BCUT2D eigenvalue weighted by Gasteiger charge is 2.22. The number of amides is 1. The number of nitrogens with zero attached hydrogens (tertiary/aromatic N) is 1. The Kier molecular flexibility index (Phi) is 5.31. The Morgan fingerprint density at radius 3 is 2.68 bits per heavy atom. The first-order valence-corrected chi connectivity index (χ1v) is 10.8. The van der Waals surface area contributed by atoms with Crippen molar-refractivity contribution in [3.05, 3.63) is 101 Å². The van der Waals surface area contributed by atoms with Crippen molar-refractivity contribution in [2.45, 2.75) is 25.3 Å². The van der Waals surface area contributed by atoms with Crippen LogP contribution in [-0.4, -0.2) is 10.9 Å². The van der Waals surface area contributed by atoms with Gasteiger partial charge in [0.15, 0.2) is 0 Å². The molecule has 4 aromatic rings. The van der Waals surface area contributed by atoms with Gasteiger partial charge in [-0.2, -0.15) is 0 Å². The van der Waals surface area contributed by atoms with Gasteiger partial charge in [-0.15, -0.1) is 0 Å². The van der Waals surface area contributed by atoms with Crippen LogP contribution in [0.1, 0.15) is 29.2 Å². The molecule has 4 nitrogen and oxygen atoms in total. The van der Waals surface area contributed by atoms with Crippen LogP contribution in [-0.2, 0) is 17.6 Å². The fourth-order valence-electron chi connectivity index (χ4n) is 4.21. The van der Waals surface area contributed by atoms with Gasteiger partial charge in [-0.05, 0) is 65.9 Å². The molecule has 2 N–H and O–H groups in total. The molecule has 0 radical (unpaired) electrons. The standard InChI is InChI=1S/C26H22ClN3O/c27-19-11-8-17(9-12-19)16-26(31)30-23-7-3-6-22-21(23)13-15-25(28-22)29-24-14-10-18-4-1-2-5-20(18)24/h1-9,11-13,15,24H,10,14,16H2,(H,28,29)(H,30,31). The molecule has 154 valence electrons. The molecular weight excluding hydrogens is 406 g/mol. The summed E-state index contributed by atoms with van der Waals surface area (Å²) < 4.78 is 0. The van der Waals surface area contributed by atoms with Gasteiger partial charge in [-0.1, -0.05) is 54.1 Å². The molecule has 0 fully saturated rings. The number of carbonyl (C=O) groups is 1. The first kappa shape index (κ1) is 19.6. The molecule has 1 amide bonds. The third-order valence-electron chi connectivity index (χ3n) is 5.74. The Bertz CT molecular complexity index is 1250. The molecule has 1 atom stereocenters. The van der Waals surface area contributed by atoms with Crippen molar-refractivity contribution in [3.63, 3.8) is 0 Å². The molecule has 0 bridgehead atoms. The Balaban J connectivity index is 1.33. The van der Waals surface area contributed by atoms with Crippen LogP contribution < -0.4 is 10.6 Å². The van der Waals surface area contributed by atoms with Crippen molar-refractivity contribution in [2.24, 2.45) is 0 Å². The number of halogens is 1. The maximum Gasteiger partial charge on any atom is 0.228 e. The zero-order chi connectivity index (χ0) is 21.2. The number of hydrogen-bond acceptors (Lipinski definition) is 3. The summed E-state index contributed by atoms with van der Waals surface area (Å²) in [5, 5.41) is 8.18. The second-order valence-electron chi connectivity index (χ2n) is 7.85. The van der Waals surface area contributed by atoms with Crippen LogP contribution in [0.25, 0.3) is 10.9 Å². The van der Waals surface area contributed by atoms with E-state index in [1.54, 1.807) is 12.1 Å². The maximum atomic E-state index is 12.5. The summed E-state index contributed by atoms with van der Waals surface area (Å²) in [4.78, 5) is 17.3. The van der Waals surface area contributed by atoms with Crippen molar-refractivity contribution in [2.75, 3.05) is 10.6 Å². The minimum Gasteiger partial charge on any atom is -0.363 e. The van der Waals surface area contributed by atoms with E-state index in [2.05, 4.69) is 34.9 Å². The van der Waals surface area contributed by atoms with E-state index in [9.17, 15) is 4.79 Å². The molecule has 3 aromatic carbocycles. The van der Waals surface area contributed by atoms with E-state index in [0.29, 0.717) is 11.4 Å². The minimum absolute atomic E-state index is 0.0698. The van der Waals surface area contributed by atoms with Crippen LogP contribution >= 0.6 is 11.6 Å². The van der Waals surface area contributed by atoms with E-state index in [4.69, 9.17) is 16.6 Å². The lowest BCUT2D eigenvalue weighted by Gasteiger charge is -2.16. The number of anilines is 2. The highest BCUT2D eigenvalue weighted by molar-refractivity contribution is 6.30. The van der Waals surface area contributed by atoms with Gasteiger partial charge in [0.1, 0.15) is 5.82 Å². The van der Waals surface area contributed by atoms with Gasteiger partial charge in [0.05, 0.1) is 23.7 Å². The highest BCUT2D eigenvalue weighted by atomic mass is 35.5. The Morgan fingerprint density at radius 1 is 0.968 bits per heavy atom. The van der Waals surface area contributed by atoms with Crippen LogP contribution in [0.3, 0.4) is 0 Å². The molecule has 31 heavy (non-hydrogen) atoms. The monoisotopic (exact) mass is 427 g/mol. The molecule has 1 aliphatic rings. The summed E-state index contributed by atoms with van der Waals surface area (Å²) in [5.74, 6) is 0.776. The Labute approximate surface area is 186 Å². The summed E-state index contributed by atoms with van der Waals surface area (Å²) in [6.07, 6.45) is 2.45. The number of aryl methyl sites for hydroxylation is 1. The second kappa shape index (κ2) is 8.40. The lowest BCUT2D eigenvalue weighted by Crippen LogP contribution is -2.14. The molecule has 5 heteroatoms. The topological polar surface area (TPSA) is 54.0 Å². The first-order valence-electron chi connectivity index (χ1n) is 10.4. The quantitative estimate of drug-likeness (QED) is 0.400. The molecule has 0 saturated carbocycles. The third-order valence-corrected chi connectivity index (χ3v) is 5.99. The smallest absolute Gasteiger partial charge is 0.228 e. The summed E-state index contributed by atoms with van der Waals surface area (Å²) in [6.45, 7) is 0. The molecule has 0 saturated heterocycles. The molecular formula is C26H22ClN3O. The predicted molar refractivity (Wildman–Crippen MR) is 127 cm³/mol. The summed E-state index contributed by atoms with van der Waals surface area (Å²) in [7, 11) is 0. The average molecular weight is 428 g/mol. The van der Waals surface area contributed by atoms with Crippen LogP contribution in [0.4, 0.5) is 11.5 Å². The van der Waals surface area contributed by atoms with E-state index in [1.165, 1.54) is 11.1 Å². The zero-order valence-electron chi connectivity index (χ0n) is 16.9. The number of hydrogen-bond donors (Lipinski definition) is 2. The SMILES string of the molecule is O=C(Cc1ccc(Cl)cc1)Nc1cccc2nc(NC3CCc4ccccc43)ccc12. The van der Waals surface area contributed by atoms with E-state index < -0.39 is 0 Å². The summed E-state index contributed by atoms with van der Waals surface area (Å²) >= 11 is 5.92. The molecule has 5 rings (SSSR count). The van der Waals surface area contributed by atoms with E-state index >= 15 is 0 Å². The van der Waals surface area contributed by atoms with Crippen molar-refractivity contribution in [3.8, 4) is 0 Å². The molecule has 1 heterocycles. The van der Waals surface area contributed by atoms with Crippen molar-refractivity contribution in [1.82, 2.24) is 4.98 Å². The van der Waals surface area contributed by atoms with E-state index in [0.717, 1.165) is 40.8 Å². The molecule has 0 spiro atoms. The van der Waals surface area contributed by atoms with Gasteiger partial charge in [0.2, 0.25) is 5.91 Å². The van der Waals surface area contributed by atoms with E-state index in [-0.39, 0.29) is 11.9 Å². The lowest BCUT2D eigenvalue weighted by atomic mass is 10.1. The number of benzene rings is 3. The molecule has 0 aliphatic heterocycles. The van der Waals surface area contributed by atoms with Crippen LogP contribution in [0, 0.1) is 0 Å². The summed E-state index contributed by atoms with van der Waals surface area (Å²) in [5.41, 5.74) is 5.30. The van der Waals surface area contributed by atoms with Gasteiger partial charge >= 0.3 is 0 Å². The fourth-order valence-corrected chi connectivity index (χ4v) is 4.34. The normalized spacial score (nSPS) is 14.9. The van der Waals surface area contributed by atoms with Crippen molar-refractivity contribution in [1.29, 1.82) is 0 Å². The molecule has 1 unspecified atom stereocenters. The third kappa shape index (κ3) is 4.25. The number of pyridine rings is 1. The number of aromatic nitrogens is 1. The van der Waals surface area contributed by atoms with Crippen LogP contribution in [0.2, 0.25) is 5.02 Å². The Morgan fingerprint density at radius 2 is 1.81 bits per heavy atom. The predicted octanol–water partition coefficient (Wildman–Crippen LogP) is 6.17. The number of fused-ring (bicyclic) bond motifs is 2. The second-order valence-corrected chi connectivity index (χ2v) is 8.29. The number of carbonyl (C=O) groups excluding carboxylic acids is 1. The lowest BCUT2D eigenvalue weighted by molar-refractivity contribution is -0.115. The van der Waals surface area contributed by atoms with Crippen molar-refractivity contribution < 1.29 is 4.79 Å². The van der Waals surface area contributed by atoms with Crippen LogP contribution in [0.5, 0.6) is 0 Å². The van der Waals surface area contributed by atoms with Gasteiger partial charge in [-0.25, -0.2) is 4.98 Å². The molecule has 1 aromatic heterocycles. The number of nitrogens with one attached hydrogen (secondary N) is 2. The highest BCUT2D eigenvalue weighted by Crippen LogP contribution is 2.34. The van der Waals surface area contributed by atoms with E-state index in [1.807, 2.05) is 42.5 Å². The maximum absolute atomic E-state index is 12.5. The fraction of sp³-hybridized carbons (Fsp3) is 0.154. The van der Waals surface area contributed by atoms with Gasteiger partial charge in [-0.3, -0.25) is 4.79 Å². The van der Waals surface area contributed by atoms with Crippen molar-refractivity contribution >= 4 is 39.9 Å².